The van der Waals surface area contributed by atoms with Gasteiger partial charge in [-0.05, 0) is 66.4 Å². The van der Waals surface area contributed by atoms with Gasteiger partial charge in [0, 0.05) is 4.47 Å². The van der Waals surface area contributed by atoms with Crippen LogP contribution in [-0.2, 0) is 0 Å². The first kappa shape index (κ1) is 15.2. The Morgan fingerprint density at radius 3 is 2.50 bits per heavy atom. The monoisotopic (exact) mass is 520 g/mol. The molecule has 2 nitrogen and oxygen atoms in total. The molecule has 0 aromatic carbocycles. The van der Waals surface area contributed by atoms with Gasteiger partial charge in [0.15, 0.2) is 5.82 Å². The van der Waals surface area contributed by atoms with Crippen LogP contribution in [0.15, 0.2) is 14.3 Å². The molecule has 0 unspecified atom stereocenters. The third-order valence-corrected chi connectivity index (χ3v) is 7.16. The molecular formula is C11H8Br2ClIN2S. The Balaban J connectivity index is 2.58. The van der Waals surface area contributed by atoms with Crippen molar-refractivity contribution in [3.63, 3.8) is 0 Å². The molecule has 2 heterocycles. The van der Waals surface area contributed by atoms with Gasteiger partial charge in [0.05, 0.1) is 17.9 Å². The summed E-state index contributed by atoms with van der Waals surface area (Å²) in [7, 11) is 0. The lowest BCUT2D eigenvalue weighted by atomic mass is 10.1. The van der Waals surface area contributed by atoms with Crippen molar-refractivity contribution < 1.29 is 0 Å². The van der Waals surface area contributed by atoms with Crippen molar-refractivity contribution in [3.8, 4) is 10.7 Å². The maximum absolute atomic E-state index is 6.18. The van der Waals surface area contributed by atoms with Crippen molar-refractivity contribution in [3.05, 3.63) is 28.7 Å². The van der Waals surface area contributed by atoms with E-state index in [-0.39, 0.29) is 0 Å². The maximum atomic E-state index is 6.18. The van der Waals surface area contributed by atoms with E-state index in [0.717, 1.165) is 22.4 Å². The highest BCUT2D eigenvalue weighted by atomic mass is 127. The zero-order valence-electron chi connectivity index (χ0n) is 9.47. The second-order valence-corrected chi connectivity index (χ2v) is 8.59. The minimum absolute atomic E-state index is 0.322. The fourth-order valence-electron chi connectivity index (χ4n) is 1.39. The first-order valence-electron chi connectivity index (χ1n) is 5.08. The number of hydrogen-bond acceptors (Lipinski definition) is 3. The quantitative estimate of drug-likeness (QED) is 0.351. The largest absolute Gasteiger partial charge is 0.231 e. The van der Waals surface area contributed by atoms with E-state index in [1.54, 1.807) is 11.3 Å². The predicted molar refractivity (Wildman–Crippen MR) is 92.6 cm³/mol. The summed E-state index contributed by atoms with van der Waals surface area (Å²) >= 11 is 16.9. The van der Waals surface area contributed by atoms with E-state index in [1.165, 1.54) is 0 Å². The third-order valence-electron chi connectivity index (χ3n) is 2.25. The summed E-state index contributed by atoms with van der Waals surface area (Å²) in [5.41, 5.74) is 0.992. The van der Waals surface area contributed by atoms with Gasteiger partial charge in [0.2, 0.25) is 0 Å². The van der Waals surface area contributed by atoms with E-state index < -0.39 is 0 Å². The third kappa shape index (κ3) is 3.08. The minimum atomic E-state index is 0.322. The van der Waals surface area contributed by atoms with E-state index in [0.29, 0.717) is 16.9 Å². The van der Waals surface area contributed by atoms with Gasteiger partial charge in [-0.3, -0.25) is 0 Å². The molecule has 0 bridgehead atoms. The van der Waals surface area contributed by atoms with Crippen LogP contribution < -0.4 is 0 Å². The molecule has 0 atom stereocenters. The van der Waals surface area contributed by atoms with Crippen LogP contribution in [0.2, 0.25) is 5.15 Å². The summed E-state index contributed by atoms with van der Waals surface area (Å²) in [5.74, 6) is 1.00. The normalized spacial score (nSPS) is 11.3. The van der Waals surface area contributed by atoms with E-state index in [4.69, 9.17) is 11.6 Å². The van der Waals surface area contributed by atoms with E-state index in [2.05, 4.69) is 78.3 Å². The number of aromatic nitrogens is 2. The van der Waals surface area contributed by atoms with Crippen LogP contribution in [0, 0.1) is 3.57 Å². The topological polar surface area (TPSA) is 25.8 Å². The van der Waals surface area contributed by atoms with Crippen LogP contribution >= 0.6 is 77.4 Å². The number of halogens is 4. The second kappa shape index (κ2) is 6.03. The van der Waals surface area contributed by atoms with E-state index >= 15 is 0 Å². The predicted octanol–water partition coefficient (Wildman–Crippen LogP) is 6.11. The summed E-state index contributed by atoms with van der Waals surface area (Å²) in [4.78, 5) is 9.97. The van der Waals surface area contributed by atoms with Crippen LogP contribution in [-0.4, -0.2) is 9.97 Å². The summed E-state index contributed by atoms with van der Waals surface area (Å²) in [6.07, 6.45) is 0. The summed E-state index contributed by atoms with van der Waals surface area (Å²) in [6, 6.07) is 2.00. The Kier molecular flexibility index (Phi) is 5.08. The highest BCUT2D eigenvalue weighted by molar-refractivity contribution is 14.1. The molecule has 0 aliphatic carbocycles. The second-order valence-electron chi connectivity index (χ2n) is 3.92. The number of rotatable bonds is 2. The van der Waals surface area contributed by atoms with Crippen LogP contribution in [0.3, 0.4) is 0 Å². The molecule has 0 saturated heterocycles. The van der Waals surface area contributed by atoms with Crippen LogP contribution in [0.1, 0.15) is 25.5 Å². The fourth-order valence-corrected chi connectivity index (χ4v) is 4.40. The molecule has 0 saturated carbocycles. The maximum Gasteiger partial charge on any atom is 0.171 e. The Morgan fingerprint density at radius 2 is 2.00 bits per heavy atom. The lowest BCUT2D eigenvalue weighted by molar-refractivity contribution is 0.809. The van der Waals surface area contributed by atoms with Gasteiger partial charge in [-0.1, -0.05) is 25.4 Å². The first-order valence-corrected chi connectivity index (χ1v) is 8.94. The van der Waals surface area contributed by atoms with Crippen LogP contribution in [0.25, 0.3) is 10.7 Å². The Labute approximate surface area is 145 Å². The summed E-state index contributed by atoms with van der Waals surface area (Å²) in [5, 5.41) is 0.518. The lowest BCUT2D eigenvalue weighted by Gasteiger charge is -2.09. The molecular weight excluding hydrogens is 514 g/mol. The van der Waals surface area contributed by atoms with Crippen molar-refractivity contribution in [2.75, 3.05) is 0 Å². The van der Waals surface area contributed by atoms with E-state index in [1.807, 2.05) is 6.07 Å². The molecule has 2 rings (SSSR count). The van der Waals surface area contributed by atoms with Gasteiger partial charge in [0.1, 0.15) is 5.15 Å². The summed E-state index contributed by atoms with van der Waals surface area (Å²) in [6.45, 7) is 4.20. The van der Waals surface area contributed by atoms with Crippen molar-refractivity contribution in [1.29, 1.82) is 0 Å². The summed E-state index contributed by atoms with van der Waals surface area (Å²) < 4.78 is 2.97. The first-order chi connectivity index (χ1) is 8.40. The average molecular weight is 522 g/mol. The van der Waals surface area contributed by atoms with Gasteiger partial charge < -0.3 is 0 Å². The SMILES string of the molecule is CC(C)c1nc(-c2cc(Br)c(Br)s2)nc(Cl)c1I. The van der Waals surface area contributed by atoms with Crippen molar-refractivity contribution >= 4 is 77.4 Å². The smallest absolute Gasteiger partial charge is 0.171 e. The minimum Gasteiger partial charge on any atom is -0.231 e. The molecule has 2 aromatic rings. The molecule has 7 heteroatoms. The van der Waals surface area contributed by atoms with Gasteiger partial charge in [0.25, 0.3) is 0 Å². The Morgan fingerprint density at radius 1 is 1.33 bits per heavy atom. The van der Waals surface area contributed by atoms with Crippen molar-refractivity contribution in [2.24, 2.45) is 0 Å². The van der Waals surface area contributed by atoms with Crippen LogP contribution in [0.4, 0.5) is 0 Å². The van der Waals surface area contributed by atoms with Gasteiger partial charge >= 0.3 is 0 Å². The van der Waals surface area contributed by atoms with Gasteiger partial charge in [-0.25, -0.2) is 9.97 Å². The fraction of sp³-hybridized carbons (Fsp3) is 0.273. The number of nitrogens with zero attached hydrogens (tertiary/aromatic N) is 2. The van der Waals surface area contributed by atoms with Crippen molar-refractivity contribution in [2.45, 2.75) is 19.8 Å². The van der Waals surface area contributed by atoms with Gasteiger partial charge in [-0.15, -0.1) is 11.3 Å². The molecule has 18 heavy (non-hydrogen) atoms. The highest BCUT2D eigenvalue weighted by Gasteiger charge is 2.16. The zero-order valence-corrected chi connectivity index (χ0v) is 16.4. The zero-order chi connectivity index (χ0) is 13.4. The Bertz CT molecular complexity index is 581. The Hall–Kier alpha value is 0.760. The number of hydrogen-bond donors (Lipinski definition) is 0. The molecule has 0 aliphatic rings. The van der Waals surface area contributed by atoms with E-state index in [9.17, 15) is 0 Å². The highest BCUT2D eigenvalue weighted by Crippen LogP contribution is 2.38. The molecule has 0 N–H and O–H groups in total. The molecule has 0 aliphatic heterocycles. The molecule has 2 aromatic heterocycles. The number of thiophene rings is 1. The molecule has 0 radical (unpaired) electrons. The lowest BCUT2D eigenvalue weighted by Crippen LogP contribution is -2.01. The molecule has 0 amide bonds. The molecule has 0 spiro atoms. The molecule has 0 fully saturated rings. The van der Waals surface area contributed by atoms with Gasteiger partial charge in [-0.2, -0.15) is 0 Å². The van der Waals surface area contributed by atoms with Crippen molar-refractivity contribution in [1.82, 2.24) is 9.97 Å². The standard InChI is InChI=1S/C11H8Br2ClIN2S/c1-4(2)8-7(15)10(14)17-11(16-8)6-3-5(12)9(13)18-6/h3-4H,1-2H3. The average Bonchev–Trinajstić information content (AvgIpc) is 2.62. The van der Waals surface area contributed by atoms with Crippen LogP contribution in [0.5, 0.6) is 0 Å². The molecule has 96 valence electrons.